The Morgan fingerprint density at radius 3 is 2.88 bits per heavy atom. The molecule has 2 nitrogen and oxygen atoms in total. The summed E-state index contributed by atoms with van der Waals surface area (Å²) in [4.78, 5) is 1.22. The van der Waals surface area contributed by atoms with Gasteiger partial charge in [-0.15, -0.1) is 11.3 Å². The number of nitrogens with two attached hydrogens (primary N) is 1. The van der Waals surface area contributed by atoms with Gasteiger partial charge in [0.05, 0.1) is 7.11 Å². The second kappa shape index (κ2) is 5.29. The van der Waals surface area contributed by atoms with Crippen LogP contribution in [0.4, 0.5) is 4.39 Å². The van der Waals surface area contributed by atoms with Crippen LogP contribution in [-0.2, 0) is 6.42 Å². The largest absolute Gasteiger partial charge is 0.494 e. The van der Waals surface area contributed by atoms with Crippen LogP contribution in [0, 0.1) is 5.82 Å². The van der Waals surface area contributed by atoms with Crippen LogP contribution < -0.4 is 10.5 Å². The Kier molecular flexibility index (Phi) is 3.76. The molecular weight excluding hydrogens is 237 g/mol. The Morgan fingerprint density at radius 2 is 2.24 bits per heavy atom. The lowest BCUT2D eigenvalue weighted by atomic mass is 10.0. The zero-order chi connectivity index (χ0) is 12.3. The summed E-state index contributed by atoms with van der Waals surface area (Å²) in [5, 5.41) is 2.02. The highest BCUT2D eigenvalue weighted by molar-refractivity contribution is 7.09. The van der Waals surface area contributed by atoms with E-state index in [1.165, 1.54) is 18.1 Å². The van der Waals surface area contributed by atoms with E-state index in [1.54, 1.807) is 23.5 Å². The minimum absolute atomic E-state index is 0.136. The highest BCUT2D eigenvalue weighted by atomic mass is 32.1. The van der Waals surface area contributed by atoms with Crippen molar-refractivity contribution in [2.75, 3.05) is 7.11 Å². The van der Waals surface area contributed by atoms with Crippen molar-refractivity contribution < 1.29 is 9.13 Å². The summed E-state index contributed by atoms with van der Waals surface area (Å²) >= 11 is 1.67. The molecule has 0 radical (unpaired) electrons. The molecule has 1 aromatic heterocycles. The lowest BCUT2D eigenvalue weighted by Crippen LogP contribution is -2.13. The lowest BCUT2D eigenvalue weighted by Gasteiger charge is -2.12. The number of halogens is 1. The second-order valence-corrected chi connectivity index (χ2v) is 4.82. The van der Waals surface area contributed by atoms with Crippen LogP contribution in [0.3, 0.4) is 0 Å². The van der Waals surface area contributed by atoms with Crippen molar-refractivity contribution in [2.24, 2.45) is 5.73 Å². The molecule has 0 aliphatic heterocycles. The van der Waals surface area contributed by atoms with Crippen LogP contribution in [0.2, 0.25) is 0 Å². The molecule has 0 aliphatic carbocycles. The molecule has 1 unspecified atom stereocenters. The van der Waals surface area contributed by atoms with Gasteiger partial charge in [0.2, 0.25) is 0 Å². The first-order valence-electron chi connectivity index (χ1n) is 5.32. The average Bonchev–Trinajstić information content (AvgIpc) is 2.82. The third kappa shape index (κ3) is 2.84. The minimum atomic E-state index is -0.362. The number of benzene rings is 1. The molecule has 1 heterocycles. The molecule has 2 aromatic rings. The predicted octanol–water partition coefficient (Wildman–Crippen LogP) is 3.14. The maximum absolute atomic E-state index is 13.2. The SMILES string of the molecule is COc1cc(C(N)Cc2cccs2)ccc1F. The monoisotopic (exact) mass is 251 g/mol. The minimum Gasteiger partial charge on any atom is -0.494 e. The molecule has 17 heavy (non-hydrogen) atoms. The molecule has 0 saturated heterocycles. The topological polar surface area (TPSA) is 35.2 Å². The van der Waals surface area contributed by atoms with E-state index in [0.717, 1.165) is 12.0 Å². The molecule has 0 saturated carbocycles. The summed E-state index contributed by atoms with van der Waals surface area (Å²) in [6.45, 7) is 0. The molecular formula is C13H14FNOS. The molecule has 0 aliphatic rings. The molecule has 0 fully saturated rings. The number of hydrogen-bond acceptors (Lipinski definition) is 3. The predicted molar refractivity (Wildman–Crippen MR) is 67.9 cm³/mol. The van der Waals surface area contributed by atoms with Crippen molar-refractivity contribution in [3.8, 4) is 5.75 Å². The molecule has 2 N–H and O–H groups in total. The Bertz CT molecular complexity index is 484. The highest BCUT2D eigenvalue weighted by Gasteiger charge is 2.11. The van der Waals surface area contributed by atoms with E-state index in [0.29, 0.717) is 0 Å². The number of rotatable bonds is 4. The summed E-state index contributed by atoms with van der Waals surface area (Å²) in [6, 6.07) is 8.67. The first-order chi connectivity index (χ1) is 8.20. The number of ether oxygens (including phenoxy) is 1. The van der Waals surface area contributed by atoms with Crippen molar-refractivity contribution in [3.63, 3.8) is 0 Å². The van der Waals surface area contributed by atoms with Gasteiger partial charge in [0.15, 0.2) is 11.6 Å². The molecule has 1 atom stereocenters. The van der Waals surface area contributed by atoms with Crippen molar-refractivity contribution in [1.82, 2.24) is 0 Å². The fourth-order valence-corrected chi connectivity index (χ4v) is 2.44. The van der Waals surface area contributed by atoms with Gasteiger partial charge in [-0.1, -0.05) is 12.1 Å². The fraction of sp³-hybridized carbons (Fsp3) is 0.231. The summed E-state index contributed by atoms with van der Waals surface area (Å²) in [5.74, 6) is -0.122. The Morgan fingerprint density at radius 1 is 1.41 bits per heavy atom. The number of thiophene rings is 1. The van der Waals surface area contributed by atoms with Crippen molar-refractivity contribution in [2.45, 2.75) is 12.5 Å². The molecule has 0 amide bonds. The van der Waals surface area contributed by atoms with E-state index in [4.69, 9.17) is 10.5 Å². The van der Waals surface area contributed by atoms with Crippen LogP contribution in [0.5, 0.6) is 5.75 Å². The van der Waals surface area contributed by atoms with Crippen molar-refractivity contribution >= 4 is 11.3 Å². The summed E-state index contributed by atoms with van der Waals surface area (Å²) in [6.07, 6.45) is 0.756. The Labute approximate surface area is 104 Å². The third-order valence-electron chi connectivity index (χ3n) is 2.60. The molecule has 2 rings (SSSR count). The normalized spacial score (nSPS) is 12.4. The molecule has 0 spiro atoms. The zero-order valence-electron chi connectivity index (χ0n) is 9.52. The van der Waals surface area contributed by atoms with Crippen molar-refractivity contribution in [3.05, 3.63) is 52.0 Å². The van der Waals surface area contributed by atoms with E-state index in [-0.39, 0.29) is 17.6 Å². The lowest BCUT2D eigenvalue weighted by molar-refractivity contribution is 0.385. The number of hydrogen-bond donors (Lipinski definition) is 1. The van der Waals surface area contributed by atoms with Gasteiger partial charge in [0.1, 0.15) is 0 Å². The summed E-state index contributed by atoms with van der Waals surface area (Å²) < 4.78 is 18.2. The van der Waals surface area contributed by atoms with Crippen LogP contribution in [0.1, 0.15) is 16.5 Å². The van der Waals surface area contributed by atoms with Crippen molar-refractivity contribution in [1.29, 1.82) is 0 Å². The molecule has 1 aromatic carbocycles. The fourth-order valence-electron chi connectivity index (χ4n) is 1.67. The van der Waals surface area contributed by atoms with E-state index in [9.17, 15) is 4.39 Å². The third-order valence-corrected chi connectivity index (χ3v) is 3.50. The summed E-state index contributed by atoms with van der Waals surface area (Å²) in [5.41, 5.74) is 6.97. The number of methoxy groups -OCH3 is 1. The maximum Gasteiger partial charge on any atom is 0.165 e. The van der Waals surface area contributed by atoms with Crippen LogP contribution in [-0.4, -0.2) is 7.11 Å². The summed E-state index contributed by atoms with van der Waals surface area (Å²) in [7, 11) is 1.45. The first-order valence-corrected chi connectivity index (χ1v) is 6.20. The molecule has 90 valence electrons. The molecule has 0 bridgehead atoms. The van der Waals surface area contributed by atoms with Gasteiger partial charge >= 0.3 is 0 Å². The standard InChI is InChI=1S/C13H14FNOS/c1-16-13-7-9(4-5-11(13)14)12(15)8-10-3-2-6-17-10/h2-7,12H,8,15H2,1H3. The quantitative estimate of drug-likeness (QED) is 0.906. The van der Waals surface area contributed by atoms with Gasteiger partial charge in [-0.2, -0.15) is 0 Å². The first kappa shape index (κ1) is 12.1. The van der Waals surface area contributed by atoms with Crippen LogP contribution in [0.25, 0.3) is 0 Å². The molecule has 4 heteroatoms. The highest BCUT2D eigenvalue weighted by Crippen LogP contribution is 2.24. The van der Waals surface area contributed by atoms with Gasteiger partial charge in [0, 0.05) is 17.3 Å². The Hall–Kier alpha value is -1.39. The van der Waals surface area contributed by atoms with E-state index in [1.807, 2.05) is 17.5 Å². The van der Waals surface area contributed by atoms with Gasteiger partial charge in [-0.25, -0.2) is 4.39 Å². The average molecular weight is 251 g/mol. The van der Waals surface area contributed by atoms with E-state index >= 15 is 0 Å². The zero-order valence-corrected chi connectivity index (χ0v) is 10.3. The van der Waals surface area contributed by atoms with Gasteiger partial charge < -0.3 is 10.5 Å². The van der Waals surface area contributed by atoms with Gasteiger partial charge in [-0.05, 0) is 29.1 Å². The van der Waals surface area contributed by atoms with Gasteiger partial charge in [-0.3, -0.25) is 0 Å². The second-order valence-electron chi connectivity index (χ2n) is 3.78. The smallest absolute Gasteiger partial charge is 0.165 e. The van der Waals surface area contributed by atoms with Crippen LogP contribution >= 0.6 is 11.3 Å². The Balaban J connectivity index is 2.16. The maximum atomic E-state index is 13.2. The van der Waals surface area contributed by atoms with Crippen LogP contribution in [0.15, 0.2) is 35.7 Å². The van der Waals surface area contributed by atoms with E-state index in [2.05, 4.69) is 0 Å². The van der Waals surface area contributed by atoms with Gasteiger partial charge in [0.25, 0.3) is 0 Å². The van der Waals surface area contributed by atoms with E-state index < -0.39 is 0 Å².